The fourth-order valence-corrected chi connectivity index (χ4v) is 4.83. The van der Waals surface area contributed by atoms with Crippen LogP contribution < -0.4 is 19.1 Å². The van der Waals surface area contributed by atoms with Gasteiger partial charge in [-0.3, -0.25) is 9.10 Å². The molecule has 0 unspecified atom stereocenters. The summed E-state index contributed by atoms with van der Waals surface area (Å²) in [4.78, 5) is 13.3. The Hall–Kier alpha value is -2.45. The van der Waals surface area contributed by atoms with Gasteiger partial charge in [0.2, 0.25) is 15.9 Å². The molecule has 2 atom stereocenters. The maximum absolute atomic E-state index is 13.3. The number of sulfonamides is 1. The predicted octanol–water partition coefficient (Wildman–Crippen LogP) is 4.42. The lowest BCUT2D eigenvalue weighted by Gasteiger charge is -2.31. The predicted molar refractivity (Wildman–Crippen MR) is 128 cm³/mol. The van der Waals surface area contributed by atoms with E-state index in [2.05, 4.69) is 19.2 Å². The molecule has 1 N–H and O–H groups in total. The van der Waals surface area contributed by atoms with Crippen LogP contribution in [0.25, 0.3) is 0 Å². The van der Waals surface area contributed by atoms with Crippen molar-refractivity contribution in [1.29, 1.82) is 0 Å². The van der Waals surface area contributed by atoms with E-state index in [1.807, 2.05) is 24.3 Å². The second kappa shape index (κ2) is 10.9. The molecule has 2 rings (SSSR count). The van der Waals surface area contributed by atoms with Crippen molar-refractivity contribution in [2.75, 3.05) is 24.8 Å². The Labute approximate surface area is 195 Å². The third-order valence-electron chi connectivity index (χ3n) is 5.01. The number of hydrogen-bond acceptors (Lipinski definition) is 5. The van der Waals surface area contributed by atoms with Crippen LogP contribution in [0.1, 0.15) is 38.8 Å². The van der Waals surface area contributed by atoms with E-state index in [1.54, 1.807) is 19.2 Å². The highest BCUT2D eigenvalue weighted by atomic mass is 35.5. The van der Waals surface area contributed by atoms with E-state index in [1.165, 1.54) is 20.1 Å². The van der Waals surface area contributed by atoms with Crippen molar-refractivity contribution in [3.8, 4) is 11.5 Å². The minimum absolute atomic E-state index is 0.204. The Kier molecular flexibility index (Phi) is 8.81. The molecule has 0 aliphatic rings. The fraction of sp³-hybridized carbons (Fsp3) is 0.435. The number of nitrogens with one attached hydrogen (secondary N) is 1. The van der Waals surface area contributed by atoms with Crippen molar-refractivity contribution in [3.63, 3.8) is 0 Å². The third-order valence-corrected chi connectivity index (χ3v) is 6.47. The van der Waals surface area contributed by atoms with Crippen LogP contribution in [0.2, 0.25) is 5.02 Å². The Balaban J connectivity index is 2.39. The van der Waals surface area contributed by atoms with Gasteiger partial charge in [-0.2, -0.15) is 0 Å². The summed E-state index contributed by atoms with van der Waals surface area (Å²) < 4.78 is 37.0. The standard InChI is InChI=1S/C23H31ClN2O5S/c1-15(2)13-20(17-7-10-19(30-4)11-8-17)25-23(27)16(3)26(32(6,28)29)21-14-18(24)9-12-22(21)31-5/h7-12,14-16,20H,13H2,1-6H3,(H,25,27)/t16-,20-/m0/s1. The lowest BCUT2D eigenvalue weighted by molar-refractivity contribution is -0.122. The number of halogens is 1. The molecule has 0 heterocycles. The first kappa shape index (κ1) is 25.8. The zero-order valence-electron chi connectivity index (χ0n) is 19.3. The van der Waals surface area contributed by atoms with Gasteiger partial charge in [0.1, 0.15) is 17.5 Å². The van der Waals surface area contributed by atoms with Crippen molar-refractivity contribution in [2.24, 2.45) is 5.92 Å². The summed E-state index contributed by atoms with van der Waals surface area (Å²) in [6.07, 6.45) is 1.73. The topological polar surface area (TPSA) is 84.9 Å². The van der Waals surface area contributed by atoms with Crippen LogP contribution in [-0.4, -0.2) is 40.8 Å². The Morgan fingerprint density at radius 2 is 1.69 bits per heavy atom. The summed E-state index contributed by atoms with van der Waals surface area (Å²) in [5.41, 5.74) is 1.11. The molecule has 0 saturated heterocycles. The molecule has 176 valence electrons. The zero-order chi connectivity index (χ0) is 24.1. The van der Waals surface area contributed by atoms with Crippen LogP contribution in [0.15, 0.2) is 42.5 Å². The number of carbonyl (C=O) groups is 1. The van der Waals surface area contributed by atoms with Crippen LogP contribution in [0, 0.1) is 5.92 Å². The van der Waals surface area contributed by atoms with Crippen LogP contribution in [0.3, 0.4) is 0 Å². The first-order valence-electron chi connectivity index (χ1n) is 10.2. The van der Waals surface area contributed by atoms with Crippen LogP contribution in [0.4, 0.5) is 5.69 Å². The highest BCUT2D eigenvalue weighted by Gasteiger charge is 2.32. The summed E-state index contributed by atoms with van der Waals surface area (Å²) >= 11 is 6.11. The van der Waals surface area contributed by atoms with Crippen molar-refractivity contribution in [1.82, 2.24) is 5.32 Å². The second-order valence-electron chi connectivity index (χ2n) is 8.01. The molecule has 0 aliphatic carbocycles. The lowest BCUT2D eigenvalue weighted by Crippen LogP contribution is -2.49. The van der Waals surface area contributed by atoms with E-state index < -0.39 is 22.0 Å². The molecule has 0 fully saturated rings. The Bertz CT molecular complexity index is 1030. The molecule has 7 nitrogen and oxygen atoms in total. The van der Waals surface area contributed by atoms with E-state index in [0.717, 1.165) is 16.1 Å². The number of amides is 1. The maximum Gasteiger partial charge on any atom is 0.244 e. The third kappa shape index (κ3) is 6.53. The second-order valence-corrected chi connectivity index (χ2v) is 10.3. The summed E-state index contributed by atoms with van der Waals surface area (Å²) in [7, 11) is -0.805. The molecular formula is C23H31ClN2O5S. The van der Waals surface area contributed by atoms with Gasteiger partial charge in [-0.15, -0.1) is 0 Å². The molecule has 0 aliphatic heterocycles. The van der Waals surface area contributed by atoms with Crippen molar-refractivity contribution in [2.45, 2.75) is 39.3 Å². The number of ether oxygens (including phenoxy) is 2. The number of carbonyl (C=O) groups excluding carboxylic acids is 1. The molecular weight excluding hydrogens is 452 g/mol. The van der Waals surface area contributed by atoms with Gasteiger partial charge in [-0.05, 0) is 55.2 Å². The van der Waals surface area contributed by atoms with Crippen LogP contribution >= 0.6 is 11.6 Å². The van der Waals surface area contributed by atoms with Gasteiger partial charge in [-0.25, -0.2) is 8.42 Å². The van der Waals surface area contributed by atoms with Gasteiger partial charge in [0, 0.05) is 5.02 Å². The summed E-state index contributed by atoms with van der Waals surface area (Å²) in [5, 5.41) is 3.35. The number of nitrogens with zero attached hydrogens (tertiary/aromatic N) is 1. The molecule has 1 amide bonds. The quantitative estimate of drug-likeness (QED) is 0.542. The monoisotopic (exact) mass is 482 g/mol. The van der Waals surface area contributed by atoms with Crippen molar-refractivity contribution < 1.29 is 22.7 Å². The number of hydrogen-bond donors (Lipinski definition) is 1. The minimum atomic E-state index is -3.83. The fourth-order valence-electron chi connectivity index (χ4n) is 3.49. The number of anilines is 1. The smallest absolute Gasteiger partial charge is 0.244 e. The first-order chi connectivity index (χ1) is 15.0. The van der Waals surface area contributed by atoms with E-state index in [4.69, 9.17) is 21.1 Å². The summed E-state index contributed by atoms with van der Waals surface area (Å²) in [6, 6.07) is 10.8. The van der Waals surface area contributed by atoms with E-state index >= 15 is 0 Å². The van der Waals surface area contributed by atoms with Crippen LogP contribution in [0.5, 0.6) is 11.5 Å². The zero-order valence-corrected chi connectivity index (χ0v) is 20.8. The molecule has 0 spiro atoms. The molecule has 0 bridgehead atoms. The Morgan fingerprint density at radius 1 is 1.06 bits per heavy atom. The van der Waals surface area contributed by atoms with E-state index in [-0.39, 0.29) is 11.7 Å². The molecule has 2 aromatic carbocycles. The molecule has 9 heteroatoms. The van der Waals surface area contributed by atoms with Gasteiger partial charge in [0.25, 0.3) is 0 Å². The molecule has 0 saturated carbocycles. The van der Waals surface area contributed by atoms with Crippen molar-refractivity contribution >= 4 is 33.2 Å². The van der Waals surface area contributed by atoms with Crippen LogP contribution in [-0.2, 0) is 14.8 Å². The highest BCUT2D eigenvalue weighted by molar-refractivity contribution is 7.92. The minimum Gasteiger partial charge on any atom is -0.497 e. The van der Waals surface area contributed by atoms with Gasteiger partial charge >= 0.3 is 0 Å². The summed E-state index contributed by atoms with van der Waals surface area (Å²) in [5.74, 6) is 0.886. The normalized spacial score (nSPS) is 13.4. The number of methoxy groups -OCH3 is 2. The van der Waals surface area contributed by atoms with Gasteiger partial charge in [0.15, 0.2) is 0 Å². The molecule has 32 heavy (non-hydrogen) atoms. The SMILES string of the molecule is COc1ccc([C@H](CC(C)C)NC(=O)[C@H](C)N(c2cc(Cl)ccc2OC)S(C)(=O)=O)cc1. The first-order valence-corrected chi connectivity index (χ1v) is 12.5. The number of benzene rings is 2. The lowest BCUT2D eigenvalue weighted by atomic mass is 9.96. The summed E-state index contributed by atoms with van der Waals surface area (Å²) in [6.45, 7) is 5.66. The van der Waals surface area contributed by atoms with Gasteiger partial charge < -0.3 is 14.8 Å². The van der Waals surface area contributed by atoms with Crippen molar-refractivity contribution in [3.05, 3.63) is 53.1 Å². The molecule has 2 aromatic rings. The Morgan fingerprint density at radius 3 is 2.19 bits per heavy atom. The maximum atomic E-state index is 13.3. The number of rotatable bonds is 10. The largest absolute Gasteiger partial charge is 0.497 e. The molecule has 0 aromatic heterocycles. The van der Waals surface area contributed by atoms with Gasteiger partial charge in [-0.1, -0.05) is 37.6 Å². The molecule has 0 radical (unpaired) electrons. The average molecular weight is 483 g/mol. The highest BCUT2D eigenvalue weighted by Crippen LogP contribution is 2.34. The van der Waals surface area contributed by atoms with E-state index in [0.29, 0.717) is 28.9 Å². The average Bonchev–Trinajstić information content (AvgIpc) is 2.72. The van der Waals surface area contributed by atoms with E-state index in [9.17, 15) is 13.2 Å². The van der Waals surface area contributed by atoms with Gasteiger partial charge in [0.05, 0.1) is 32.2 Å².